The molecule has 4 rings (SSSR count). The molecular formula is C27H19IN2O2. The van der Waals surface area contributed by atoms with Crippen molar-refractivity contribution in [3.63, 3.8) is 0 Å². The molecule has 156 valence electrons. The van der Waals surface area contributed by atoms with E-state index >= 15 is 0 Å². The van der Waals surface area contributed by atoms with Crippen molar-refractivity contribution >= 4 is 51.0 Å². The number of nitrogens with zero attached hydrogens (tertiary/aromatic N) is 1. The van der Waals surface area contributed by atoms with E-state index in [9.17, 15) is 10.1 Å². The van der Waals surface area contributed by atoms with E-state index in [2.05, 4.69) is 46.1 Å². The summed E-state index contributed by atoms with van der Waals surface area (Å²) in [7, 11) is 0. The van der Waals surface area contributed by atoms with Crippen molar-refractivity contribution < 1.29 is 9.53 Å². The molecule has 0 unspecified atom stereocenters. The minimum atomic E-state index is -0.458. The third-order valence-corrected chi connectivity index (χ3v) is 5.91. The van der Waals surface area contributed by atoms with Gasteiger partial charge in [0, 0.05) is 9.13 Å². The van der Waals surface area contributed by atoms with Gasteiger partial charge in [0.05, 0.1) is 5.69 Å². The van der Waals surface area contributed by atoms with Crippen LogP contribution in [0.15, 0.2) is 96.6 Å². The van der Waals surface area contributed by atoms with Gasteiger partial charge in [-0.25, -0.2) is 0 Å². The zero-order chi connectivity index (χ0) is 22.3. The van der Waals surface area contributed by atoms with Gasteiger partial charge < -0.3 is 10.1 Å². The van der Waals surface area contributed by atoms with Crippen LogP contribution in [0.5, 0.6) is 5.75 Å². The Morgan fingerprint density at radius 3 is 2.50 bits per heavy atom. The second kappa shape index (κ2) is 10.1. The second-order valence-electron chi connectivity index (χ2n) is 7.07. The van der Waals surface area contributed by atoms with Crippen LogP contribution in [0.2, 0.25) is 0 Å². The summed E-state index contributed by atoms with van der Waals surface area (Å²) in [6.07, 6.45) is 1.56. The average Bonchev–Trinajstić information content (AvgIpc) is 2.83. The largest absolute Gasteiger partial charge is 0.488 e. The number of halogens is 1. The predicted molar refractivity (Wildman–Crippen MR) is 136 cm³/mol. The lowest BCUT2D eigenvalue weighted by Gasteiger charge is -2.12. The molecule has 0 aliphatic carbocycles. The van der Waals surface area contributed by atoms with Crippen LogP contribution in [0, 0.1) is 14.9 Å². The maximum atomic E-state index is 12.7. The summed E-state index contributed by atoms with van der Waals surface area (Å²) in [5, 5.41) is 14.7. The van der Waals surface area contributed by atoms with Crippen molar-refractivity contribution in [1.29, 1.82) is 5.26 Å². The lowest BCUT2D eigenvalue weighted by molar-refractivity contribution is -0.112. The van der Waals surface area contributed by atoms with E-state index in [1.54, 1.807) is 12.1 Å². The Labute approximate surface area is 200 Å². The molecule has 4 nitrogen and oxygen atoms in total. The van der Waals surface area contributed by atoms with Crippen LogP contribution in [0.3, 0.4) is 0 Å². The van der Waals surface area contributed by atoms with Crippen molar-refractivity contribution in [2.45, 2.75) is 6.61 Å². The molecule has 0 aliphatic heterocycles. The van der Waals surface area contributed by atoms with E-state index < -0.39 is 5.91 Å². The minimum absolute atomic E-state index is 0.00543. The molecular weight excluding hydrogens is 511 g/mol. The van der Waals surface area contributed by atoms with Crippen LogP contribution in [0.25, 0.3) is 16.8 Å². The Morgan fingerprint density at radius 1 is 0.938 bits per heavy atom. The average molecular weight is 530 g/mol. The quantitative estimate of drug-likeness (QED) is 0.174. The minimum Gasteiger partial charge on any atom is -0.488 e. The Balaban J connectivity index is 1.57. The van der Waals surface area contributed by atoms with E-state index in [0.29, 0.717) is 23.6 Å². The molecule has 0 saturated carbocycles. The molecule has 5 heteroatoms. The number of fused-ring (bicyclic) bond motifs is 1. The lowest BCUT2D eigenvalue weighted by atomic mass is 10.1. The summed E-state index contributed by atoms with van der Waals surface area (Å²) < 4.78 is 7.00. The monoisotopic (exact) mass is 530 g/mol. The first kappa shape index (κ1) is 21.6. The van der Waals surface area contributed by atoms with E-state index in [0.717, 1.165) is 19.9 Å². The first-order chi connectivity index (χ1) is 15.7. The van der Waals surface area contributed by atoms with Crippen LogP contribution in [0.4, 0.5) is 5.69 Å². The molecule has 1 amide bonds. The van der Waals surface area contributed by atoms with Gasteiger partial charge in [-0.05, 0) is 63.2 Å². The predicted octanol–water partition coefficient (Wildman–Crippen LogP) is 6.57. The lowest BCUT2D eigenvalue weighted by Crippen LogP contribution is -2.14. The van der Waals surface area contributed by atoms with Crippen molar-refractivity contribution in [1.82, 2.24) is 0 Å². The SMILES string of the molecule is N#C/C(=C/c1ccccc1OCc1cccc2ccccc12)C(=O)Nc1ccccc1I. The molecule has 0 radical (unpaired) electrons. The van der Waals surface area contributed by atoms with E-state index in [4.69, 9.17) is 4.74 Å². The fourth-order valence-corrected chi connectivity index (χ4v) is 3.88. The number of ether oxygens (including phenoxy) is 1. The number of amides is 1. The Bertz CT molecular complexity index is 1350. The van der Waals surface area contributed by atoms with Gasteiger partial charge in [-0.1, -0.05) is 72.8 Å². The first-order valence-corrected chi connectivity index (χ1v) is 11.1. The number of anilines is 1. The van der Waals surface area contributed by atoms with Gasteiger partial charge in [0.1, 0.15) is 24.0 Å². The molecule has 0 saturated heterocycles. The molecule has 4 aromatic rings. The molecule has 32 heavy (non-hydrogen) atoms. The number of rotatable bonds is 6. The topological polar surface area (TPSA) is 62.1 Å². The van der Waals surface area contributed by atoms with Crippen LogP contribution >= 0.6 is 22.6 Å². The highest BCUT2D eigenvalue weighted by atomic mass is 127. The molecule has 0 atom stereocenters. The highest BCUT2D eigenvalue weighted by molar-refractivity contribution is 14.1. The van der Waals surface area contributed by atoms with E-state index in [-0.39, 0.29) is 5.57 Å². The van der Waals surface area contributed by atoms with Crippen LogP contribution in [-0.2, 0) is 11.4 Å². The number of benzene rings is 4. The number of nitrogens with one attached hydrogen (secondary N) is 1. The summed E-state index contributed by atoms with van der Waals surface area (Å²) in [5.74, 6) is 0.149. The number of carbonyl (C=O) groups is 1. The second-order valence-corrected chi connectivity index (χ2v) is 8.23. The number of nitriles is 1. The normalized spacial score (nSPS) is 11.1. The molecule has 1 N–H and O–H groups in total. The van der Waals surface area contributed by atoms with Crippen molar-refractivity contribution in [2.75, 3.05) is 5.32 Å². The number of hydrogen-bond acceptors (Lipinski definition) is 3. The van der Waals surface area contributed by atoms with Gasteiger partial charge in [-0.3, -0.25) is 4.79 Å². The van der Waals surface area contributed by atoms with Gasteiger partial charge >= 0.3 is 0 Å². The van der Waals surface area contributed by atoms with Gasteiger partial charge in [0.15, 0.2) is 0 Å². The zero-order valence-electron chi connectivity index (χ0n) is 17.1. The van der Waals surface area contributed by atoms with Crippen LogP contribution < -0.4 is 10.1 Å². The van der Waals surface area contributed by atoms with Gasteiger partial charge in [0.2, 0.25) is 0 Å². The van der Waals surface area contributed by atoms with Crippen molar-refractivity contribution in [3.05, 3.63) is 111 Å². The molecule has 0 fully saturated rings. The summed E-state index contributed by atoms with van der Waals surface area (Å²) in [6.45, 7) is 0.377. The van der Waals surface area contributed by atoms with Crippen LogP contribution in [0.1, 0.15) is 11.1 Å². The highest BCUT2D eigenvalue weighted by Gasteiger charge is 2.13. The molecule has 0 heterocycles. The number of para-hydroxylation sites is 2. The van der Waals surface area contributed by atoms with Gasteiger partial charge in [-0.15, -0.1) is 0 Å². The van der Waals surface area contributed by atoms with E-state index in [1.165, 1.54) is 0 Å². The number of hydrogen-bond donors (Lipinski definition) is 1. The van der Waals surface area contributed by atoms with Gasteiger partial charge in [0.25, 0.3) is 5.91 Å². The van der Waals surface area contributed by atoms with Gasteiger partial charge in [-0.2, -0.15) is 5.26 Å². The first-order valence-electron chi connectivity index (χ1n) is 10.0. The fourth-order valence-electron chi connectivity index (χ4n) is 3.36. The Morgan fingerprint density at radius 2 is 1.66 bits per heavy atom. The summed E-state index contributed by atoms with van der Waals surface area (Å²) >= 11 is 2.14. The van der Waals surface area contributed by atoms with Crippen LogP contribution in [-0.4, -0.2) is 5.91 Å². The third kappa shape index (κ3) is 4.98. The van der Waals surface area contributed by atoms with Crippen molar-refractivity contribution in [2.24, 2.45) is 0 Å². The Kier molecular flexibility index (Phi) is 6.83. The number of carbonyl (C=O) groups excluding carboxylic acids is 1. The molecule has 0 aliphatic rings. The summed E-state index contributed by atoms with van der Waals surface area (Å²) in [6, 6.07) is 31.1. The standard InChI is InChI=1S/C27H19IN2O2/c28-24-13-4-5-14-25(24)30-27(31)22(17-29)16-20-9-2-6-15-26(20)32-18-21-11-7-10-19-8-1-3-12-23(19)21/h1-16H,18H2,(H,30,31)/b22-16-. The third-order valence-electron chi connectivity index (χ3n) is 4.97. The molecule has 0 bridgehead atoms. The summed E-state index contributed by atoms with van der Waals surface area (Å²) in [4.78, 5) is 12.7. The molecule has 0 spiro atoms. The van der Waals surface area contributed by atoms with Crippen molar-refractivity contribution in [3.8, 4) is 11.8 Å². The molecule has 0 aromatic heterocycles. The van der Waals surface area contributed by atoms with E-state index in [1.807, 2.05) is 72.8 Å². The maximum Gasteiger partial charge on any atom is 0.266 e. The smallest absolute Gasteiger partial charge is 0.266 e. The molecule has 4 aromatic carbocycles. The zero-order valence-corrected chi connectivity index (χ0v) is 19.2. The fraction of sp³-hybridized carbons (Fsp3) is 0.0370. The summed E-state index contributed by atoms with van der Waals surface area (Å²) in [5.41, 5.74) is 2.41. The maximum absolute atomic E-state index is 12.7. The highest BCUT2D eigenvalue weighted by Crippen LogP contribution is 2.25. The Hall–Kier alpha value is -3.63.